The van der Waals surface area contributed by atoms with Crippen LogP contribution in [0.15, 0.2) is 48.5 Å². The number of rotatable bonds is 5. The van der Waals surface area contributed by atoms with E-state index in [9.17, 15) is 4.79 Å². The Morgan fingerprint density at radius 1 is 1.19 bits per heavy atom. The smallest absolute Gasteiger partial charge is 0.256 e. The highest BCUT2D eigenvalue weighted by Crippen LogP contribution is 2.24. The molecule has 4 nitrogen and oxygen atoms in total. The number of carbonyl (C=O) groups excluding carboxylic acids is 1. The minimum absolute atomic E-state index is 0.132. The molecule has 0 bridgehead atoms. The van der Waals surface area contributed by atoms with Gasteiger partial charge >= 0.3 is 0 Å². The maximum absolute atomic E-state index is 12.3. The highest BCUT2D eigenvalue weighted by atomic mass is 32.1. The second-order valence-corrected chi connectivity index (χ2v) is 5.04. The van der Waals surface area contributed by atoms with Gasteiger partial charge in [0.05, 0.1) is 5.69 Å². The number of aryl methyl sites for hydroxylation is 1. The number of thiocarbonyl (C=S) groups is 1. The molecule has 2 rings (SSSR count). The summed E-state index contributed by atoms with van der Waals surface area (Å²) in [5, 5.41) is 2.84. The maximum Gasteiger partial charge on any atom is 0.256 e. The Balaban J connectivity index is 2.18. The molecule has 0 saturated carbocycles. The second kappa shape index (κ2) is 6.85. The summed E-state index contributed by atoms with van der Waals surface area (Å²) in [7, 11) is 0. The molecule has 0 radical (unpaired) electrons. The minimum Gasteiger partial charge on any atom is -0.484 e. The summed E-state index contributed by atoms with van der Waals surface area (Å²) >= 11 is 4.78. The number of hydrogen-bond acceptors (Lipinski definition) is 3. The quantitative estimate of drug-likeness (QED) is 0.833. The average Bonchev–Trinajstić information content (AvgIpc) is 2.46. The molecule has 0 aliphatic heterocycles. The van der Waals surface area contributed by atoms with Crippen LogP contribution in [0.25, 0.3) is 0 Å². The van der Waals surface area contributed by atoms with Crippen LogP contribution in [0.2, 0.25) is 0 Å². The zero-order valence-corrected chi connectivity index (χ0v) is 12.4. The number of carbonyl (C=O) groups is 1. The van der Waals surface area contributed by atoms with E-state index in [0.29, 0.717) is 17.0 Å². The van der Waals surface area contributed by atoms with Crippen LogP contribution in [0.4, 0.5) is 5.69 Å². The number of amides is 1. The molecule has 0 atom stereocenters. The number of anilines is 1. The van der Waals surface area contributed by atoms with Crippen molar-refractivity contribution in [3.05, 3.63) is 59.7 Å². The fourth-order valence-electron chi connectivity index (χ4n) is 1.86. The van der Waals surface area contributed by atoms with Gasteiger partial charge in [0.25, 0.3) is 5.91 Å². The lowest BCUT2D eigenvalue weighted by Gasteiger charge is -2.12. The molecule has 0 aromatic heterocycles. The highest BCUT2D eigenvalue weighted by Gasteiger charge is 2.11. The number of ether oxygens (including phenoxy) is 1. The van der Waals surface area contributed by atoms with E-state index in [0.717, 1.165) is 5.56 Å². The largest absolute Gasteiger partial charge is 0.484 e. The van der Waals surface area contributed by atoms with Crippen LogP contribution in [-0.4, -0.2) is 17.5 Å². The van der Waals surface area contributed by atoms with Crippen molar-refractivity contribution in [1.29, 1.82) is 0 Å². The third-order valence-corrected chi connectivity index (χ3v) is 3.01. The molecule has 0 heterocycles. The van der Waals surface area contributed by atoms with Crippen molar-refractivity contribution < 1.29 is 9.53 Å². The average molecular weight is 300 g/mol. The van der Waals surface area contributed by atoms with Gasteiger partial charge in [-0.1, -0.05) is 42.5 Å². The lowest BCUT2D eigenvalue weighted by atomic mass is 10.1. The van der Waals surface area contributed by atoms with E-state index < -0.39 is 0 Å². The van der Waals surface area contributed by atoms with Gasteiger partial charge in [0.1, 0.15) is 17.3 Å². The zero-order valence-electron chi connectivity index (χ0n) is 11.6. The van der Waals surface area contributed by atoms with Gasteiger partial charge in [-0.15, -0.1) is 0 Å². The van der Waals surface area contributed by atoms with Crippen molar-refractivity contribution in [1.82, 2.24) is 0 Å². The van der Waals surface area contributed by atoms with Gasteiger partial charge < -0.3 is 15.8 Å². The summed E-state index contributed by atoms with van der Waals surface area (Å²) in [6.07, 6.45) is 0. The standard InChI is InChI=1S/C16H16N2O2S/c1-11-6-2-3-7-12(11)16(19)18-13-8-4-5-9-14(13)20-10-15(17)21/h2-9H,10H2,1H3,(H2,17,21)(H,18,19). The summed E-state index contributed by atoms with van der Waals surface area (Å²) in [5.41, 5.74) is 7.55. The number of nitrogens with two attached hydrogens (primary N) is 1. The van der Waals surface area contributed by atoms with Crippen LogP contribution in [-0.2, 0) is 0 Å². The first-order chi connectivity index (χ1) is 10.1. The van der Waals surface area contributed by atoms with Crippen molar-refractivity contribution >= 4 is 28.8 Å². The van der Waals surface area contributed by atoms with Crippen molar-refractivity contribution in [3.8, 4) is 5.75 Å². The minimum atomic E-state index is -0.181. The number of benzene rings is 2. The molecule has 0 spiro atoms. The molecule has 0 aliphatic carbocycles. The van der Waals surface area contributed by atoms with Crippen LogP contribution in [0.5, 0.6) is 5.75 Å². The van der Waals surface area contributed by atoms with Gasteiger partial charge in [-0.05, 0) is 30.7 Å². The lowest BCUT2D eigenvalue weighted by Crippen LogP contribution is -2.19. The van der Waals surface area contributed by atoms with E-state index in [-0.39, 0.29) is 17.5 Å². The summed E-state index contributed by atoms with van der Waals surface area (Å²) in [6, 6.07) is 14.6. The second-order valence-electron chi connectivity index (χ2n) is 4.52. The molecular formula is C16H16N2O2S. The Morgan fingerprint density at radius 3 is 2.57 bits per heavy atom. The molecule has 5 heteroatoms. The molecule has 21 heavy (non-hydrogen) atoms. The Hall–Kier alpha value is -2.40. The molecular weight excluding hydrogens is 284 g/mol. The monoisotopic (exact) mass is 300 g/mol. The molecule has 3 N–H and O–H groups in total. The van der Waals surface area contributed by atoms with Gasteiger partial charge in [0.2, 0.25) is 0 Å². The Bertz CT molecular complexity index is 671. The first-order valence-electron chi connectivity index (χ1n) is 6.45. The van der Waals surface area contributed by atoms with E-state index in [1.807, 2.05) is 37.3 Å². The van der Waals surface area contributed by atoms with Crippen molar-refractivity contribution in [2.75, 3.05) is 11.9 Å². The Labute approximate surface area is 128 Å². The zero-order chi connectivity index (χ0) is 15.2. The Morgan fingerprint density at radius 2 is 1.86 bits per heavy atom. The Kier molecular flexibility index (Phi) is 4.90. The summed E-state index contributed by atoms with van der Waals surface area (Å²) < 4.78 is 5.48. The van der Waals surface area contributed by atoms with Gasteiger partial charge in [0, 0.05) is 5.56 Å². The van der Waals surface area contributed by atoms with Crippen LogP contribution >= 0.6 is 12.2 Å². The summed E-state index contributed by atoms with van der Waals surface area (Å²) in [4.78, 5) is 12.6. The van der Waals surface area contributed by atoms with Crippen LogP contribution in [0, 0.1) is 6.92 Å². The fourth-order valence-corrected chi connectivity index (χ4v) is 1.92. The normalized spacial score (nSPS) is 9.95. The molecule has 2 aromatic rings. The van der Waals surface area contributed by atoms with Crippen molar-refractivity contribution in [3.63, 3.8) is 0 Å². The molecule has 0 saturated heterocycles. The third-order valence-electron chi connectivity index (χ3n) is 2.89. The predicted octanol–water partition coefficient (Wildman–Crippen LogP) is 2.91. The van der Waals surface area contributed by atoms with Crippen LogP contribution in [0.1, 0.15) is 15.9 Å². The summed E-state index contributed by atoms with van der Waals surface area (Å²) in [6.45, 7) is 2.02. The number of hydrogen-bond donors (Lipinski definition) is 2. The van der Waals surface area contributed by atoms with E-state index in [2.05, 4.69) is 5.32 Å². The first-order valence-corrected chi connectivity index (χ1v) is 6.86. The van der Waals surface area contributed by atoms with Crippen LogP contribution < -0.4 is 15.8 Å². The van der Waals surface area contributed by atoms with E-state index in [1.165, 1.54) is 0 Å². The van der Waals surface area contributed by atoms with E-state index in [4.69, 9.17) is 22.7 Å². The SMILES string of the molecule is Cc1ccccc1C(=O)Nc1ccccc1OCC(N)=S. The topological polar surface area (TPSA) is 64.3 Å². The van der Waals surface area contributed by atoms with Crippen LogP contribution in [0.3, 0.4) is 0 Å². The maximum atomic E-state index is 12.3. The molecule has 0 aliphatic rings. The lowest BCUT2D eigenvalue weighted by molar-refractivity contribution is 0.102. The van der Waals surface area contributed by atoms with E-state index >= 15 is 0 Å². The predicted molar refractivity (Wildman–Crippen MR) is 87.9 cm³/mol. The molecule has 1 amide bonds. The van der Waals surface area contributed by atoms with Gasteiger partial charge in [-0.3, -0.25) is 4.79 Å². The number of para-hydroxylation sites is 2. The van der Waals surface area contributed by atoms with Gasteiger partial charge in [0.15, 0.2) is 0 Å². The first kappa shape index (κ1) is 15.0. The van der Waals surface area contributed by atoms with Gasteiger partial charge in [-0.2, -0.15) is 0 Å². The fraction of sp³-hybridized carbons (Fsp3) is 0.125. The molecule has 0 fully saturated rings. The highest BCUT2D eigenvalue weighted by molar-refractivity contribution is 7.80. The van der Waals surface area contributed by atoms with E-state index in [1.54, 1.807) is 18.2 Å². The van der Waals surface area contributed by atoms with Crippen molar-refractivity contribution in [2.24, 2.45) is 5.73 Å². The molecule has 108 valence electrons. The third kappa shape index (κ3) is 4.03. The molecule has 2 aromatic carbocycles. The van der Waals surface area contributed by atoms with Gasteiger partial charge in [-0.25, -0.2) is 0 Å². The summed E-state index contributed by atoms with van der Waals surface area (Å²) in [5.74, 6) is 0.353. The van der Waals surface area contributed by atoms with Crippen molar-refractivity contribution in [2.45, 2.75) is 6.92 Å². The molecule has 0 unspecified atom stereocenters. The number of nitrogens with one attached hydrogen (secondary N) is 1.